The van der Waals surface area contributed by atoms with E-state index in [2.05, 4.69) is 4.72 Å². The van der Waals surface area contributed by atoms with E-state index >= 15 is 0 Å². The van der Waals surface area contributed by atoms with Crippen molar-refractivity contribution in [2.75, 3.05) is 14.2 Å². The van der Waals surface area contributed by atoms with Gasteiger partial charge in [0.1, 0.15) is 4.21 Å². The molecule has 1 aromatic carbocycles. The van der Waals surface area contributed by atoms with Crippen molar-refractivity contribution < 1.29 is 17.9 Å². The summed E-state index contributed by atoms with van der Waals surface area (Å²) in [6.07, 6.45) is 1.54. The van der Waals surface area contributed by atoms with Crippen molar-refractivity contribution in [1.82, 2.24) is 4.72 Å². The summed E-state index contributed by atoms with van der Waals surface area (Å²) in [6, 6.07) is 8.99. The quantitative estimate of drug-likeness (QED) is 0.867. The van der Waals surface area contributed by atoms with Gasteiger partial charge in [-0.05, 0) is 49.6 Å². The van der Waals surface area contributed by atoms with Crippen LogP contribution in [0.15, 0.2) is 34.5 Å². The Balaban J connectivity index is 1.91. The normalized spacial score (nSPS) is 16.1. The Bertz CT molecular complexity index is 822. The Morgan fingerprint density at radius 2 is 1.78 bits per heavy atom. The predicted octanol–water partition coefficient (Wildman–Crippen LogP) is 3.04. The molecule has 0 spiro atoms. The molecule has 2 aromatic rings. The van der Waals surface area contributed by atoms with E-state index in [1.807, 2.05) is 25.1 Å². The van der Waals surface area contributed by atoms with Crippen molar-refractivity contribution in [1.29, 1.82) is 0 Å². The van der Waals surface area contributed by atoms with Crippen LogP contribution in [0.25, 0.3) is 0 Å². The van der Waals surface area contributed by atoms with E-state index in [9.17, 15) is 8.42 Å². The smallest absolute Gasteiger partial charge is 0.250 e. The van der Waals surface area contributed by atoms with Gasteiger partial charge in [-0.2, -0.15) is 4.72 Å². The van der Waals surface area contributed by atoms with Gasteiger partial charge < -0.3 is 9.47 Å². The van der Waals surface area contributed by atoms with Crippen LogP contribution in [0, 0.1) is 6.92 Å². The Kier molecular flexibility index (Phi) is 4.12. The largest absolute Gasteiger partial charge is 0.493 e. The third kappa shape index (κ3) is 3.08. The van der Waals surface area contributed by atoms with Crippen LogP contribution in [0.2, 0.25) is 0 Å². The minimum Gasteiger partial charge on any atom is -0.493 e. The van der Waals surface area contributed by atoms with Crippen molar-refractivity contribution in [3.63, 3.8) is 0 Å². The highest BCUT2D eigenvalue weighted by atomic mass is 32.2. The molecule has 1 fully saturated rings. The van der Waals surface area contributed by atoms with Gasteiger partial charge in [0, 0.05) is 4.88 Å². The standard InChI is InChI=1S/C16H19NO4S2/c1-11-4-7-15(22-11)23(18,19)17-16(8-9-16)12-5-6-13(20-2)14(10-12)21-3/h4-7,10,17H,8-9H2,1-3H3. The molecule has 1 aliphatic rings. The van der Waals surface area contributed by atoms with Crippen molar-refractivity contribution in [2.24, 2.45) is 0 Å². The van der Waals surface area contributed by atoms with Crippen molar-refractivity contribution in [3.05, 3.63) is 40.8 Å². The second-order valence-corrected chi connectivity index (χ2v) is 8.82. The van der Waals surface area contributed by atoms with E-state index in [4.69, 9.17) is 9.47 Å². The number of methoxy groups -OCH3 is 2. The summed E-state index contributed by atoms with van der Waals surface area (Å²) in [4.78, 5) is 0.973. The molecule has 1 saturated carbocycles. The Morgan fingerprint density at radius 3 is 2.30 bits per heavy atom. The summed E-state index contributed by atoms with van der Waals surface area (Å²) < 4.78 is 39.0. The summed E-state index contributed by atoms with van der Waals surface area (Å²) in [6.45, 7) is 1.89. The summed E-state index contributed by atoms with van der Waals surface area (Å²) in [7, 11) is -0.377. The number of rotatable bonds is 6. The summed E-state index contributed by atoms with van der Waals surface area (Å²) in [5, 5.41) is 0. The lowest BCUT2D eigenvalue weighted by atomic mass is 10.1. The maximum Gasteiger partial charge on any atom is 0.250 e. The second-order valence-electron chi connectivity index (χ2n) is 5.62. The molecule has 0 unspecified atom stereocenters. The minimum absolute atomic E-state index is 0.349. The highest BCUT2D eigenvalue weighted by molar-refractivity contribution is 7.91. The lowest BCUT2D eigenvalue weighted by molar-refractivity contribution is 0.354. The first-order chi connectivity index (χ1) is 10.9. The lowest BCUT2D eigenvalue weighted by Gasteiger charge is -2.19. The predicted molar refractivity (Wildman–Crippen MR) is 89.8 cm³/mol. The van der Waals surface area contributed by atoms with Crippen LogP contribution in [-0.4, -0.2) is 22.6 Å². The molecule has 3 rings (SSSR count). The van der Waals surface area contributed by atoms with E-state index in [0.29, 0.717) is 15.7 Å². The topological polar surface area (TPSA) is 64.6 Å². The minimum atomic E-state index is -3.52. The molecule has 1 heterocycles. The van der Waals surface area contributed by atoms with Crippen LogP contribution in [0.5, 0.6) is 11.5 Å². The molecule has 1 aromatic heterocycles. The van der Waals surface area contributed by atoms with Gasteiger partial charge >= 0.3 is 0 Å². The van der Waals surface area contributed by atoms with E-state index in [0.717, 1.165) is 23.3 Å². The van der Waals surface area contributed by atoms with Gasteiger partial charge in [-0.3, -0.25) is 0 Å². The van der Waals surface area contributed by atoms with E-state index in [1.54, 1.807) is 26.4 Å². The Labute approximate surface area is 140 Å². The number of hydrogen-bond acceptors (Lipinski definition) is 5. The monoisotopic (exact) mass is 353 g/mol. The molecular weight excluding hydrogens is 334 g/mol. The van der Waals surface area contributed by atoms with E-state index in [-0.39, 0.29) is 0 Å². The molecular formula is C16H19NO4S2. The lowest BCUT2D eigenvalue weighted by Crippen LogP contribution is -2.34. The highest BCUT2D eigenvalue weighted by Gasteiger charge is 2.48. The molecule has 1 N–H and O–H groups in total. The zero-order chi connectivity index (χ0) is 16.7. The van der Waals surface area contributed by atoms with Gasteiger partial charge in [0.2, 0.25) is 0 Å². The third-order valence-electron chi connectivity index (χ3n) is 4.00. The average Bonchev–Trinajstić information content (AvgIpc) is 3.16. The molecule has 0 bridgehead atoms. The van der Waals surface area contributed by atoms with Gasteiger partial charge in [-0.1, -0.05) is 6.07 Å². The third-order valence-corrected chi connectivity index (χ3v) is 7.03. The first-order valence-electron chi connectivity index (χ1n) is 7.23. The first-order valence-corrected chi connectivity index (χ1v) is 9.53. The molecule has 0 saturated heterocycles. The fourth-order valence-corrected chi connectivity index (χ4v) is 5.30. The zero-order valence-electron chi connectivity index (χ0n) is 13.3. The first kappa shape index (κ1) is 16.3. The number of thiophene rings is 1. The zero-order valence-corrected chi connectivity index (χ0v) is 14.9. The number of aryl methyl sites for hydroxylation is 1. The summed E-state index contributed by atoms with van der Waals surface area (Å²) in [5.74, 6) is 1.23. The number of sulfonamides is 1. The van der Waals surface area contributed by atoms with Crippen LogP contribution in [0.4, 0.5) is 0 Å². The van der Waals surface area contributed by atoms with Crippen molar-refractivity contribution >= 4 is 21.4 Å². The molecule has 0 aliphatic heterocycles. The van der Waals surface area contributed by atoms with E-state index < -0.39 is 15.6 Å². The van der Waals surface area contributed by atoms with Crippen LogP contribution in [0.1, 0.15) is 23.3 Å². The molecule has 1 aliphatic carbocycles. The fraction of sp³-hybridized carbons (Fsp3) is 0.375. The van der Waals surface area contributed by atoms with Crippen LogP contribution >= 0.6 is 11.3 Å². The van der Waals surface area contributed by atoms with Gasteiger partial charge in [-0.15, -0.1) is 11.3 Å². The van der Waals surface area contributed by atoms with Crippen LogP contribution < -0.4 is 14.2 Å². The maximum absolute atomic E-state index is 12.6. The average molecular weight is 353 g/mol. The summed E-state index contributed by atoms with van der Waals surface area (Å²) >= 11 is 1.28. The molecule has 124 valence electrons. The Hall–Kier alpha value is -1.57. The van der Waals surface area contributed by atoms with Gasteiger partial charge in [0.15, 0.2) is 11.5 Å². The number of benzene rings is 1. The van der Waals surface area contributed by atoms with Gasteiger partial charge in [-0.25, -0.2) is 8.42 Å². The van der Waals surface area contributed by atoms with Crippen molar-refractivity contribution in [2.45, 2.75) is 29.5 Å². The van der Waals surface area contributed by atoms with Crippen LogP contribution in [0.3, 0.4) is 0 Å². The second kappa shape index (κ2) is 5.81. The number of hydrogen-bond donors (Lipinski definition) is 1. The molecule has 5 nitrogen and oxygen atoms in total. The SMILES string of the molecule is COc1ccc(C2(NS(=O)(=O)c3ccc(C)s3)CC2)cc1OC. The highest BCUT2D eigenvalue weighted by Crippen LogP contribution is 2.48. The number of nitrogens with one attached hydrogen (secondary N) is 1. The van der Waals surface area contributed by atoms with Crippen LogP contribution in [-0.2, 0) is 15.6 Å². The Morgan fingerprint density at radius 1 is 1.09 bits per heavy atom. The maximum atomic E-state index is 12.6. The number of ether oxygens (including phenoxy) is 2. The van der Waals surface area contributed by atoms with Crippen molar-refractivity contribution in [3.8, 4) is 11.5 Å². The van der Waals surface area contributed by atoms with Gasteiger partial charge in [0.05, 0.1) is 19.8 Å². The molecule has 0 atom stereocenters. The van der Waals surface area contributed by atoms with Gasteiger partial charge in [0.25, 0.3) is 10.0 Å². The summed E-state index contributed by atoms with van der Waals surface area (Å²) in [5.41, 5.74) is 0.350. The molecule has 23 heavy (non-hydrogen) atoms. The fourth-order valence-electron chi connectivity index (χ4n) is 2.57. The molecule has 7 heteroatoms. The molecule has 0 radical (unpaired) electrons. The molecule has 0 amide bonds. The van der Waals surface area contributed by atoms with E-state index in [1.165, 1.54) is 11.3 Å².